The molecule has 0 spiro atoms. The minimum atomic E-state index is -0.635. The molecule has 7 nitrogen and oxygen atoms in total. The molecule has 1 saturated carbocycles. The summed E-state index contributed by atoms with van der Waals surface area (Å²) in [6, 6.07) is 7.57. The Hall–Kier alpha value is -2.67. The molecule has 3 aromatic rings. The van der Waals surface area contributed by atoms with Gasteiger partial charge in [-0.25, -0.2) is 9.97 Å². The highest BCUT2D eigenvalue weighted by Gasteiger charge is 2.34. The van der Waals surface area contributed by atoms with Crippen molar-refractivity contribution >= 4 is 16.9 Å². The van der Waals surface area contributed by atoms with Crippen molar-refractivity contribution in [1.29, 1.82) is 0 Å². The van der Waals surface area contributed by atoms with E-state index < -0.39 is 6.10 Å². The zero-order valence-corrected chi connectivity index (χ0v) is 17.2. The lowest BCUT2D eigenvalue weighted by Crippen LogP contribution is -2.50. The van der Waals surface area contributed by atoms with Crippen LogP contribution in [0.25, 0.3) is 11.0 Å². The third-order valence-electron chi connectivity index (χ3n) is 5.89. The fourth-order valence-corrected chi connectivity index (χ4v) is 4.45. The maximum atomic E-state index is 12.9. The molecule has 29 heavy (non-hydrogen) atoms. The van der Waals surface area contributed by atoms with Crippen LogP contribution in [0.1, 0.15) is 56.7 Å². The van der Waals surface area contributed by atoms with Gasteiger partial charge in [0.2, 0.25) is 5.91 Å². The number of hydrogen-bond donors (Lipinski definition) is 2. The molecule has 7 heteroatoms. The lowest BCUT2D eigenvalue weighted by molar-refractivity contribution is -0.124. The second-order valence-corrected chi connectivity index (χ2v) is 8.24. The van der Waals surface area contributed by atoms with Crippen molar-refractivity contribution in [2.75, 3.05) is 0 Å². The number of para-hydroxylation sites is 2. The third-order valence-corrected chi connectivity index (χ3v) is 5.89. The number of aromatic nitrogens is 4. The molecule has 3 atom stereocenters. The molecule has 2 aromatic heterocycles. The third kappa shape index (κ3) is 3.79. The van der Waals surface area contributed by atoms with Gasteiger partial charge in [0, 0.05) is 18.3 Å². The highest BCUT2D eigenvalue weighted by molar-refractivity contribution is 5.81. The SMILES string of the molecule is Cc1nccn1[C@@H]1CCC[C@@H](NC(=O)Cn2c(C(C)C)nc3ccccc32)[C@H]1O. The van der Waals surface area contributed by atoms with Crippen LogP contribution in [0, 0.1) is 6.92 Å². The first kappa shape index (κ1) is 19.6. The summed E-state index contributed by atoms with van der Waals surface area (Å²) in [6.07, 6.45) is 5.63. The molecule has 4 rings (SSSR count). The summed E-state index contributed by atoms with van der Waals surface area (Å²) in [5.74, 6) is 1.90. The number of nitrogens with one attached hydrogen (secondary N) is 1. The summed E-state index contributed by atoms with van der Waals surface area (Å²) in [7, 11) is 0. The molecular weight excluding hydrogens is 366 g/mol. The molecule has 1 aliphatic rings. The minimum Gasteiger partial charge on any atom is -0.389 e. The van der Waals surface area contributed by atoms with E-state index in [-0.39, 0.29) is 30.5 Å². The summed E-state index contributed by atoms with van der Waals surface area (Å²) < 4.78 is 4.01. The molecule has 0 unspecified atom stereocenters. The number of aliphatic hydroxyl groups excluding tert-OH is 1. The van der Waals surface area contributed by atoms with Crippen LogP contribution in [0.4, 0.5) is 0 Å². The van der Waals surface area contributed by atoms with Crippen molar-refractivity contribution in [1.82, 2.24) is 24.4 Å². The van der Waals surface area contributed by atoms with Crippen LogP contribution in [-0.4, -0.2) is 42.3 Å². The molecule has 2 N–H and O–H groups in total. The normalized spacial score (nSPS) is 22.3. The van der Waals surface area contributed by atoms with Gasteiger partial charge in [-0.1, -0.05) is 26.0 Å². The van der Waals surface area contributed by atoms with Gasteiger partial charge in [-0.2, -0.15) is 0 Å². The summed E-state index contributed by atoms with van der Waals surface area (Å²) >= 11 is 0. The molecule has 154 valence electrons. The highest BCUT2D eigenvalue weighted by Crippen LogP contribution is 2.30. The lowest BCUT2D eigenvalue weighted by Gasteiger charge is -2.36. The van der Waals surface area contributed by atoms with Gasteiger partial charge in [-0.3, -0.25) is 4.79 Å². The Morgan fingerprint density at radius 1 is 1.31 bits per heavy atom. The standard InChI is InChI=1S/C22H29N5O2/c1-14(2)22-25-16-7-4-5-9-18(16)27(22)13-20(28)24-17-8-6-10-19(21(17)29)26-12-11-23-15(26)3/h4-5,7,9,11-12,14,17,19,21,29H,6,8,10,13H2,1-3H3,(H,24,28)/t17-,19-,21-/m1/s1. The van der Waals surface area contributed by atoms with Crippen LogP contribution in [0.15, 0.2) is 36.7 Å². The van der Waals surface area contributed by atoms with Crippen molar-refractivity contribution < 1.29 is 9.90 Å². The van der Waals surface area contributed by atoms with Crippen molar-refractivity contribution in [3.05, 3.63) is 48.3 Å². The number of hydrogen-bond acceptors (Lipinski definition) is 4. The minimum absolute atomic E-state index is 0.0585. The molecule has 1 aliphatic carbocycles. The number of nitrogens with zero attached hydrogens (tertiary/aromatic N) is 4. The zero-order valence-electron chi connectivity index (χ0n) is 17.2. The van der Waals surface area contributed by atoms with E-state index in [4.69, 9.17) is 4.98 Å². The number of rotatable bonds is 5. The van der Waals surface area contributed by atoms with Crippen LogP contribution in [0.2, 0.25) is 0 Å². The van der Waals surface area contributed by atoms with E-state index in [1.165, 1.54) is 0 Å². The number of carbonyl (C=O) groups excluding carboxylic acids is 1. The number of aryl methyl sites for hydroxylation is 1. The second-order valence-electron chi connectivity index (χ2n) is 8.24. The lowest BCUT2D eigenvalue weighted by atomic mass is 9.87. The Bertz CT molecular complexity index is 1010. The first-order valence-corrected chi connectivity index (χ1v) is 10.4. The number of amides is 1. The number of benzene rings is 1. The molecule has 1 aromatic carbocycles. The second kappa shape index (κ2) is 7.99. The molecule has 1 amide bonds. The van der Waals surface area contributed by atoms with Gasteiger partial charge in [-0.15, -0.1) is 0 Å². The van der Waals surface area contributed by atoms with Gasteiger partial charge in [0.15, 0.2) is 0 Å². The Morgan fingerprint density at radius 3 is 2.83 bits per heavy atom. The fraction of sp³-hybridized carbons (Fsp3) is 0.500. The number of aliphatic hydroxyl groups is 1. The average molecular weight is 396 g/mol. The van der Waals surface area contributed by atoms with Crippen LogP contribution < -0.4 is 5.32 Å². The molecule has 0 radical (unpaired) electrons. The topological polar surface area (TPSA) is 85.0 Å². The van der Waals surface area contributed by atoms with E-state index in [1.54, 1.807) is 6.20 Å². The van der Waals surface area contributed by atoms with Crippen LogP contribution in [-0.2, 0) is 11.3 Å². The Labute approximate surface area is 170 Å². The molecule has 0 aliphatic heterocycles. The van der Waals surface area contributed by atoms with E-state index in [1.807, 2.05) is 46.5 Å². The van der Waals surface area contributed by atoms with Gasteiger partial charge in [0.1, 0.15) is 18.2 Å². The van der Waals surface area contributed by atoms with Crippen LogP contribution in [0.5, 0.6) is 0 Å². The van der Waals surface area contributed by atoms with Crippen molar-refractivity contribution in [2.45, 2.75) is 70.7 Å². The van der Waals surface area contributed by atoms with E-state index >= 15 is 0 Å². The first-order chi connectivity index (χ1) is 14.0. The number of fused-ring (bicyclic) bond motifs is 1. The van der Waals surface area contributed by atoms with E-state index in [2.05, 4.69) is 24.1 Å². The van der Waals surface area contributed by atoms with Crippen LogP contribution >= 0.6 is 0 Å². The quantitative estimate of drug-likeness (QED) is 0.696. The van der Waals surface area contributed by atoms with Crippen molar-refractivity contribution in [3.8, 4) is 0 Å². The smallest absolute Gasteiger partial charge is 0.240 e. The first-order valence-electron chi connectivity index (χ1n) is 10.4. The zero-order chi connectivity index (χ0) is 20.5. The summed E-state index contributed by atoms with van der Waals surface area (Å²) in [5, 5.41) is 14.0. The van der Waals surface area contributed by atoms with Gasteiger partial charge in [-0.05, 0) is 38.3 Å². The van der Waals surface area contributed by atoms with E-state index in [0.29, 0.717) is 0 Å². The van der Waals surface area contributed by atoms with Crippen LogP contribution in [0.3, 0.4) is 0 Å². The molecule has 0 bridgehead atoms. The monoisotopic (exact) mass is 395 g/mol. The average Bonchev–Trinajstić information content (AvgIpc) is 3.27. The number of imidazole rings is 2. The fourth-order valence-electron chi connectivity index (χ4n) is 4.45. The summed E-state index contributed by atoms with van der Waals surface area (Å²) in [4.78, 5) is 21.9. The highest BCUT2D eigenvalue weighted by atomic mass is 16.3. The van der Waals surface area contributed by atoms with E-state index in [0.717, 1.165) is 41.9 Å². The van der Waals surface area contributed by atoms with E-state index in [9.17, 15) is 9.90 Å². The van der Waals surface area contributed by atoms with Crippen molar-refractivity contribution in [2.24, 2.45) is 0 Å². The van der Waals surface area contributed by atoms with Gasteiger partial charge in [0.05, 0.1) is 29.2 Å². The Morgan fingerprint density at radius 2 is 2.10 bits per heavy atom. The van der Waals surface area contributed by atoms with Crippen molar-refractivity contribution in [3.63, 3.8) is 0 Å². The van der Waals surface area contributed by atoms with Gasteiger partial charge < -0.3 is 19.6 Å². The summed E-state index contributed by atoms with van der Waals surface area (Å²) in [5.41, 5.74) is 1.86. The molecular formula is C22H29N5O2. The molecule has 2 heterocycles. The largest absolute Gasteiger partial charge is 0.389 e. The Balaban J connectivity index is 1.51. The predicted octanol–water partition coefficient (Wildman–Crippen LogP) is 2.94. The van der Waals surface area contributed by atoms with Gasteiger partial charge in [0.25, 0.3) is 0 Å². The maximum Gasteiger partial charge on any atom is 0.240 e. The number of carbonyl (C=O) groups is 1. The molecule has 1 fully saturated rings. The summed E-state index contributed by atoms with van der Waals surface area (Å²) in [6.45, 7) is 6.30. The molecule has 0 saturated heterocycles. The Kier molecular flexibility index (Phi) is 5.41. The maximum absolute atomic E-state index is 12.9. The predicted molar refractivity (Wildman–Crippen MR) is 112 cm³/mol. The van der Waals surface area contributed by atoms with Gasteiger partial charge >= 0.3 is 0 Å².